The first kappa shape index (κ1) is 20.6. The molecule has 0 aliphatic heterocycles. The highest BCUT2D eigenvalue weighted by Gasteiger charge is 2.29. The summed E-state index contributed by atoms with van der Waals surface area (Å²) in [5, 5.41) is 2.36. The molecule has 0 aliphatic carbocycles. The van der Waals surface area contributed by atoms with Gasteiger partial charge < -0.3 is 14.8 Å². The first-order chi connectivity index (χ1) is 12.8. The molecule has 0 atom stereocenters. The van der Waals surface area contributed by atoms with Gasteiger partial charge in [-0.25, -0.2) is 0 Å². The van der Waals surface area contributed by atoms with Gasteiger partial charge in [0.2, 0.25) is 0 Å². The van der Waals surface area contributed by atoms with E-state index in [1.807, 2.05) is 0 Å². The van der Waals surface area contributed by atoms with Crippen LogP contribution >= 0.6 is 11.8 Å². The molecule has 0 saturated carbocycles. The van der Waals surface area contributed by atoms with Crippen LogP contribution in [0, 0.1) is 0 Å². The molecule has 0 unspecified atom stereocenters. The van der Waals surface area contributed by atoms with Crippen LogP contribution in [0.5, 0.6) is 5.75 Å². The van der Waals surface area contributed by atoms with Gasteiger partial charge in [-0.05, 0) is 48.5 Å². The number of ether oxygens (including phenoxy) is 2. The molecule has 0 aromatic heterocycles. The molecule has 0 fully saturated rings. The predicted molar refractivity (Wildman–Crippen MR) is 94.8 cm³/mol. The number of anilines is 1. The van der Waals surface area contributed by atoms with Crippen molar-refractivity contribution < 1.29 is 32.2 Å². The Labute approximate surface area is 157 Å². The standard InChI is InChI=1S/C18H16F3NO4S/c1-25-14-6-8-15(9-7-14)27-11-17(24)26-10-16(23)22-13-4-2-12(3-5-13)18(19,20)21/h2-9H,10-11H2,1H3,(H,22,23). The van der Waals surface area contributed by atoms with Crippen molar-refractivity contribution in [2.24, 2.45) is 0 Å². The Morgan fingerprint density at radius 2 is 1.67 bits per heavy atom. The van der Waals surface area contributed by atoms with Crippen molar-refractivity contribution in [2.75, 3.05) is 24.8 Å². The quantitative estimate of drug-likeness (QED) is 0.564. The number of esters is 1. The van der Waals surface area contributed by atoms with Gasteiger partial charge in [0.1, 0.15) is 5.75 Å². The highest BCUT2D eigenvalue weighted by molar-refractivity contribution is 8.00. The summed E-state index contributed by atoms with van der Waals surface area (Å²) in [5.74, 6) is -0.516. The lowest BCUT2D eigenvalue weighted by molar-refractivity contribution is -0.144. The van der Waals surface area contributed by atoms with E-state index in [1.165, 1.54) is 11.8 Å². The topological polar surface area (TPSA) is 64.6 Å². The van der Waals surface area contributed by atoms with Crippen molar-refractivity contribution >= 4 is 29.3 Å². The van der Waals surface area contributed by atoms with Gasteiger partial charge in [0.25, 0.3) is 5.91 Å². The van der Waals surface area contributed by atoms with E-state index in [0.29, 0.717) is 5.75 Å². The van der Waals surface area contributed by atoms with E-state index in [-0.39, 0.29) is 11.4 Å². The number of methoxy groups -OCH3 is 1. The zero-order chi connectivity index (χ0) is 19.9. The van der Waals surface area contributed by atoms with Gasteiger partial charge in [-0.3, -0.25) is 9.59 Å². The average Bonchev–Trinajstić information content (AvgIpc) is 2.65. The van der Waals surface area contributed by atoms with Crippen molar-refractivity contribution in [3.63, 3.8) is 0 Å². The third-order valence-corrected chi connectivity index (χ3v) is 4.26. The van der Waals surface area contributed by atoms with Crippen LogP contribution in [0.15, 0.2) is 53.4 Å². The third kappa shape index (κ3) is 6.86. The van der Waals surface area contributed by atoms with E-state index in [9.17, 15) is 22.8 Å². The van der Waals surface area contributed by atoms with Gasteiger partial charge in [-0.1, -0.05) is 0 Å². The summed E-state index contributed by atoms with van der Waals surface area (Å²) in [6, 6.07) is 11.0. The van der Waals surface area contributed by atoms with Crippen LogP contribution in [-0.4, -0.2) is 31.3 Å². The van der Waals surface area contributed by atoms with E-state index in [2.05, 4.69) is 5.32 Å². The van der Waals surface area contributed by atoms with Crippen molar-refractivity contribution in [1.29, 1.82) is 0 Å². The number of carbonyl (C=O) groups is 2. The van der Waals surface area contributed by atoms with Gasteiger partial charge in [-0.15, -0.1) is 11.8 Å². The molecular formula is C18H16F3NO4S. The first-order valence-corrected chi connectivity index (χ1v) is 8.66. The molecule has 0 saturated heterocycles. The Morgan fingerprint density at radius 1 is 1.04 bits per heavy atom. The minimum absolute atomic E-state index is 0.0138. The lowest BCUT2D eigenvalue weighted by Crippen LogP contribution is -2.21. The largest absolute Gasteiger partial charge is 0.497 e. The Kier molecular flexibility index (Phi) is 7.12. The molecule has 2 rings (SSSR count). The second kappa shape index (κ2) is 9.31. The van der Waals surface area contributed by atoms with Crippen molar-refractivity contribution in [2.45, 2.75) is 11.1 Å². The number of hydrogen-bond acceptors (Lipinski definition) is 5. The molecule has 0 spiro atoms. The van der Waals surface area contributed by atoms with Gasteiger partial charge in [0, 0.05) is 10.6 Å². The molecule has 5 nitrogen and oxygen atoms in total. The van der Waals surface area contributed by atoms with Crippen LogP contribution < -0.4 is 10.1 Å². The lowest BCUT2D eigenvalue weighted by atomic mass is 10.2. The van der Waals surface area contributed by atoms with E-state index in [4.69, 9.17) is 9.47 Å². The fraction of sp³-hybridized carbons (Fsp3) is 0.222. The van der Waals surface area contributed by atoms with E-state index >= 15 is 0 Å². The van der Waals surface area contributed by atoms with Gasteiger partial charge in [0.05, 0.1) is 18.4 Å². The number of nitrogens with one attached hydrogen (secondary N) is 1. The van der Waals surface area contributed by atoms with Crippen LogP contribution in [0.25, 0.3) is 0 Å². The maximum absolute atomic E-state index is 12.5. The molecule has 1 amide bonds. The summed E-state index contributed by atoms with van der Waals surface area (Å²) in [5.41, 5.74) is -0.640. The predicted octanol–water partition coefficient (Wildman–Crippen LogP) is 3.99. The van der Waals surface area contributed by atoms with Crippen LogP contribution in [-0.2, 0) is 20.5 Å². The van der Waals surface area contributed by atoms with Crippen molar-refractivity contribution in [1.82, 2.24) is 0 Å². The van der Waals surface area contributed by atoms with Crippen LogP contribution in [0.4, 0.5) is 18.9 Å². The maximum atomic E-state index is 12.5. The fourth-order valence-electron chi connectivity index (χ4n) is 1.94. The smallest absolute Gasteiger partial charge is 0.416 e. The molecule has 9 heteroatoms. The fourth-order valence-corrected chi connectivity index (χ4v) is 2.64. The van der Waals surface area contributed by atoms with E-state index in [1.54, 1.807) is 31.4 Å². The highest BCUT2D eigenvalue weighted by Crippen LogP contribution is 2.29. The molecular weight excluding hydrogens is 383 g/mol. The second-order valence-corrected chi connectivity index (χ2v) is 6.30. The number of halogens is 3. The Hall–Kier alpha value is -2.68. The van der Waals surface area contributed by atoms with Crippen LogP contribution in [0.1, 0.15) is 5.56 Å². The summed E-state index contributed by atoms with van der Waals surface area (Å²) in [7, 11) is 1.55. The minimum Gasteiger partial charge on any atom is -0.497 e. The molecule has 0 aliphatic rings. The zero-order valence-electron chi connectivity index (χ0n) is 14.2. The van der Waals surface area contributed by atoms with E-state index in [0.717, 1.165) is 29.2 Å². The number of benzene rings is 2. The van der Waals surface area contributed by atoms with Crippen LogP contribution in [0.3, 0.4) is 0 Å². The number of hydrogen-bond donors (Lipinski definition) is 1. The van der Waals surface area contributed by atoms with Gasteiger partial charge >= 0.3 is 12.1 Å². The molecule has 0 radical (unpaired) electrons. The number of alkyl halides is 3. The van der Waals surface area contributed by atoms with Crippen molar-refractivity contribution in [3.8, 4) is 5.75 Å². The molecule has 0 bridgehead atoms. The normalized spacial score (nSPS) is 11.0. The summed E-state index contributed by atoms with van der Waals surface area (Å²) < 4.78 is 47.3. The second-order valence-electron chi connectivity index (χ2n) is 5.25. The maximum Gasteiger partial charge on any atom is 0.416 e. The van der Waals surface area contributed by atoms with Gasteiger partial charge in [0.15, 0.2) is 6.61 Å². The SMILES string of the molecule is COc1ccc(SCC(=O)OCC(=O)Nc2ccc(C(F)(F)F)cc2)cc1. The molecule has 0 heterocycles. The number of thioether (sulfide) groups is 1. The Balaban J connectivity index is 1.73. The summed E-state index contributed by atoms with van der Waals surface area (Å²) >= 11 is 1.24. The average molecular weight is 399 g/mol. The zero-order valence-corrected chi connectivity index (χ0v) is 15.0. The Bertz CT molecular complexity index is 777. The van der Waals surface area contributed by atoms with E-state index < -0.39 is 30.2 Å². The minimum atomic E-state index is -4.44. The molecule has 1 N–H and O–H groups in total. The number of carbonyl (C=O) groups excluding carboxylic acids is 2. The monoisotopic (exact) mass is 399 g/mol. The number of amides is 1. The molecule has 2 aromatic rings. The number of rotatable bonds is 7. The van der Waals surface area contributed by atoms with Gasteiger partial charge in [-0.2, -0.15) is 13.2 Å². The summed E-state index contributed by atoms with van der Waals surface area (Å²) in [6.45, 7) is -0.525. The lowest BCUT2D eigenvalue weighted by Gasteiger charge is -2.09. The Morgan fingerprint density at radius 3 is 2.22 bits per heavy atom. The summed E-state index contributed by atoms with van der Waals surface area (Å²) in [4.78, 5) is 24.2. The molecule has 144 valence electrons. The summed E-state index contributed by atoms with van der Waals surface area (Å²) in [6.07, 6.45) is -4.44. The highest BCUT2D eigenvalue weighted by atomic mass is 32.2. The molecule has 27 heavy (non-hydrogen) atoms. The third-order valence-electron chi connectivity index (χ3n) is 3.28. The van der Waals surface area contributed by atoms with Crippen LogP contribution in [0.2, 0.25) is 0 Å². The molecule has 2 aromatic carbocycles. The first-order valence-electron chi connectivity index (χ1n) is 7.67. The van der Waals surface area contributed by atoms with Crippen molar-refractivity contribution in [3.05, 3.63) is 54.1 Å².